The molecule has 0 saturated carbocycles. The number of carbonyl (C=O) groups is 2. The molecule has 0 radical (unpaired) electrons. The first-order valence-electron chi connectivity index (χ1n) is 7.63. The van der Waals surface area contributed by atoms with Gasteiger partial charge in [0.05, 0.1) is 0 Å². The Kier molecular flexibility index (Phi) is 5.05. The molecule has 5 nitrogen and oxygen atoms in total. The van der Waals surface area contributed by atoms with Crippen molar-refractivity contribution >= 4 is 35.0 Å². The molecule has 0 aromatic heterocycles. The van der Waals surface area contributed by atoms with Crippen LogP contribution in [0.1, 0.15) is 12.0 Å². The van der Waals surface area contributed by atoms with Crippen LogP contribution >= 0.6 is 11.8 Å². The number of hydrogen-bond donors (Lipinski definition) is 2. The molecule has 3 rings (SSSR count). The fourth-order valence-electron chi connectivity index (χ4n) is 2.47. The lowest BCUT2D eigenvalue weighted by Crippen LogP contribution is -2.21. The van der Waals surface area contributed by atoms with Crippen LogP contribution in [0.2, 0.25) is 0 Å². The first kappa shape index (κ1) is 16.4. The average molecular weight is 342 g/mol. The van der Waals surface area contributed by atoms with Gasteiger partial charge in [-0.3, -0.25) is 9.59 Å². The summed E-state index contributed by atoms with van der Waals surface area (Å²) >= 11 is 1.65. The second-order valence-electron chi connectivity index (χ2n) is 5.43. The average Bonchev–Trinajstić information content (AvgIpc) is 2.60. The van der Waals surface area contributed by atoms with Crippen LogP contribution in [-0.4, -0.2) is 24.7 Å². The minimum absolute atomic E-state index is 0.0306. The predicted octanol–water partition coefficient (Wildman–Crippen LogP) is 3.31. The Balaban J connectivity index is 1.55. The number of carbonyl (C=O) groups excluding carboxylic acids is 2. The maximum atomic E-state index is 12.0. The Morgan fingerprint density at radius 1 is 1.21 bits per heavy atom. The van der Waals surface area contributed by atoms with E-state index in [1.807, 2.05) is 36.6 Å². The van der Waals surface area contributed by atoms with Crippen molar-refractivity contribution in [1.29, 1.82) is 0 Å². The number of thioether (sulfide) groups is 1. The van der Waals surface area contributed by atoms with Crippen molar-refractivity contribution < 1.29 is 14.3 Å². The Morgan fingerprint density at radius 2 is 2.00 bits per heavy atom. The van der Waals surface area contributed by atoms with Crippen LogP contribution in [0.25, 0.3) is 0 Å². The summed E-state index contributed by atoms with van der Waals surface area (Å²) in [5.74, 6) is 0.443. The van der Waals surface area contributed by atoms with Gasteiger partial charge in [-0.15, -0.1) is 11.8 Å². The zero-order valence-corrected chi connectivity index (χ0v) is 14.1. The van der Waals surface area contributed by atoms with E-state index < -0.39 is 0 Å². The molecule has 24 heavy (non-hydrogen) atoms. The summed E-state index contributed by atoms with van der Waals surface area (Å²) in [4.78, 5) is 24.5. The van der Waals surface area contributed by atoms with E-state index in [0.717, 1.165) is 21.8 Å². The molecule has 2 amide bonds. The second kappa shape index (κ2) is 7.40. The topological polar surface area (TPSA) is 67.4 Å². The van der Waals surface area contributed by atoms with E-state index in [1.54, 1.807) is 23.9 Å². The third kappa shape index (κ3) is 4.08. The zero-order valence-electron chi connectivity index (χ0n) is 13.3. The summed E-state index contributed by atoms with van der Waals surface area (Å²) in [6.45, 7) is -0.0601. The van der Waals surface area contributed by atoms with Crippen LogP contribution in [0.4, 0.5) is 11.4 Å². The van der Waals surface area contributed by atoms with Crippen molar-refractivity contribution in [1.82, 2.24) is 0 Å². The minimum Gasteiger partial charge on any atom is -0.484 e. The van der Waals surface area contributed by atoms with Gasteiger partial charge in [-0.05, 0) is 60.7 Å². The Morgan fingerprint density at radius 3 is 2.75 bits per heavy atom. The monoisotopic (exact) mass is 342 g/mol. The molecule has 0 spiro atoms. The van der Waals surface area contributed by atoms with Gasteiger partial charge in [-0.25, -0.2) is 0 Å². The highest BCUT2D eigenvalue weighted by Crippen LogP contribution is 2.26. The number of aryl methyl sites for hydroxylation is 1. The van der Waals surface area contributed by atoms with Crippen LogP contribution < -0.4 is 15.4 Å². The number of ether oxygens (including phenoxy) is 1. The number of rotatable bonds is 5. The number of amides is 2. The highest BCUT2D eigenvalue weighted by Gasteiger charge is 2.15. The maximum Gasteiger partial charge on any atom is 0.262 e. The molecule has 6 heteroatoms. The van der Waals surface area contributed by atoms with E-state index in [0.29, 0.717) is 18.6 Å². The fraction of sp³-hybridized carbons (Fsp3) is 0.222. The molecule has 0 fully saturated rings. The lowest BCUT2D eigenvalue weighted by atomic mass is 10.0. The lowest BCUT2D eigenvalue weighted by Gasteiger charge is -2.17. The normalized spacial score (nSPS) is 13.0. The van der Waals surface area contributed by atoms with Crippen molar-refractivity contribution in [2.45, 2.75) is 17.7 Å². The van der Waals surface area contributed by atoms with E-state index in [1.165, 1.54) is 0 Å². The van der Waals surface area contributed by atoms with Gasteiger partial charge < -0.3 is 15.4 Å². The van der Waals surface area contributed by atoms with E-state index in [2.05, 4.69) is 10.6 Å². The molecule has 0 atom stereocenters. The maximum absolute atomic E-state index is 12.0. The van der Waals surface area contributed by atoms with Crippen molar-refractivity contribution in [2.75, 3.05) is 23.5 Å². The summed E-state index contributed by atoms with van der Waals surface area (Å²) in [7, 11) is 0. The van der Waals surface area contributed by atoms with Gasteiger partial charge in [0, 0.05) is 22.7 Å². The SMILES string of the molecule is CSc1ccc(NC(=O)COc2ccc3c(c2)CCC(=O)N3)cc1. The van der Waals surface area contributed by atoms with Crippen molar-refractivity contribution in [2.24, 2.45) is 0 Å². The lowest BCUT2D eigenvalue weighted by molar-refractivity contribution is -0.118. The first-order valence-corrected chi connectivity index (χ1v) is 8.86. The number of anilines is 2. The number of benzene rings is 2. The van der Waals surface area contributed by atoms with Gasteiger partial charge in [-0.2, -0.15) is 0 Å². The van der Waals surface area contributed by atoms with Crippen molar-refractivity contribution in [3.63, 3.8) is 0 Å². The third-order valence-corrected chi connectivity index (χ3v) is 4.46. The van der Waals surface area contributed by atoms with Crippen LogP contribution in [0.3, 0.4) is 0 Å². The molecular formula is C18H18N2O3S. The third-order valence-electron chi connectivity index (χ3n) is 3.72. The minimum atomic E-state index is -0.210. The van der Waals surface area contributed by atoms with E-state index in [-0.39, 0.29) is 18.4 Å². The molecule has 0 aliphatic carbocycles. The molecule has 2 aromatic rings. The van der Waals surface area contributed by atoms with E-state index in [4.69, 9.17) is 4.74 Å². The Hall–Kier alpha value is -2.47. The van der Waals surface area contributed by atoms with Gasteiger partial charge in [0.2, 0.25) is 5.91 Å². The molecule has 2 N–H and O–H groups in total. The smallest absolute Gasteiger partial charge is 0.262 e. The highest BCUT2D eigenvalue weighted by molar-refractivity contribution is 7.98. The van der Waals surface area contributed by atoms with Crippen molar-refractivity contribution in [3.8, 4) is 5.75 Å². The van der Waals surface area contributed by atoms with Crippen LogP contribution in [0, 0.1) is 0 Å². The van der Waals surface area contributed by atoms with Gasteiger partial charge in [0.1, 0.15) is 5.75 Å². The largest absolute Gasteiger partial charge is 0.484 e. The van der Waals surface area contributed by atoms with Crippen LogP contribution in [-0.2, 0) is 16.0 Å². The molecule has 0 unspecified atom stereocenters. The van der Waals surface area contributed by atoms with Gasteiger partial charge in [-0.1, -0.05) is 0 Å². The molecule has 2 aromatic carbocycles. The first-order chi connectivity index (χ1) is 11.6. The fourth-order valence-corrected chi connectivity index (χ4v) is 2.88. The van der Waals surface area contributed by atoms with Gasteiger partial charge >= 0.3 is 0 Å². The van der Waals surface area contributed by atoms with E-state index >= 15 is 0 Å². The van der Waals surface area contributed by atoms with Gasteiger partial charge in [0.15, 0.2) is 6.61 Å². The molecule has 0 saturated heterocycles. The molecule has 1 aliphatic rings. The van der Waals surface area contributed by atoms with Crippen LogP contribution in [0.15, 0.2) is 47.4 Å². The summed E-state index contributed by atoms with van der Waals surface area (Å²) < 4.78 is 5.55. The predicted molar refractivity (Wildman–Crippen MR) is 95.7 cm³/mol. The van der Waals surface area contributed by atoms with Crippen LogP contribution in [0.5, 0.6) is 5.75 Å². The number of nitrogens with one attached hydrogen (secondary N) is 2. The molecule has 0 bridgehead atoms. The quantitative estimate of drug-likeness (QED) is 0.818. The summed E-state index contributed by atoms with van der Waals surface area (Å²) in [5.41, 5.74) is 2.59. The molecule has 1 aliphatic heterocycles. The summed E-state index contributed by atoms with van der Waals surface area (Å²) in [6, 6.07) is 13.1. The Labute approximate surface area is 144 Å². The van der Waals surface area contributed by atoms with E-state index in [9.17, 15) is 9.59 Å². The van der Waals surface area contributed by atoms with Gasteiger partial charge in [0.25, 0.3) is 5.91 Å². The number of fused-ring (bicyclic) bond motifs is 1. The summed E-state index contributed by atoms with van der Waals surface area (Å²) in [5, 5.41) is 5.62. The number of hydrogen-bond acceptors (Lipinski definition) is 4. The second-order valence-corrected chi connectivity index (χ2v) is 6.31. The molecular weight excluding hydrogens is 324 g/mol. The summed E-state index contributed by atoms with van der Waals surface area (Å²) in [6.07, 6.45) is 3.17. The molecule has 1 heterocycles. The molecule has 124 valence electrons. The zero-order chi connectivity index (χ0) is 16.9. The Bertz CT molecular complexity index is 759. The highest BCUT2D eigenvalue weighted by atomic mass is 32.2. The van der Waals surface area contributed by atoms with Crippen molar-refractivity contribution in [3.05, 3.63) is 48.0 Å². The standard InChI is InChI=1S/C18H18N2O3S/c1-24-15-6-3-13(4-7-15)19-18(22)11-23-14-5-8-16-12(10-14)2-9-17(21)20-16/h3-8,10H,2,9,11H2,1H3,(H,19,22)(H,20,21).